The lowest BCUT2D eigenvalue weighted by Crippen LogP contribution is -2.29. The summed E-state index contributed by atoms with van der Waals surface area (Å²) in [5, 5.41) is 19.9. The second-order valence-corrected chi connectivity index (χ2v) is 7.75. The fourth-order valence-electron chi connectivity index (χ4n) is 2.44. The number of phenolic OH excluding ortho intramolecular Hbond substituents is 1. The third kappa shape index (κ3) is 4.42. The molecule has 0 aliphatic carbocycles. The summed E-state index contributed by atoms with van der Waals surface area (Å²) in [6.45, 7) is 8.35. The van der Waals surface area contributed by atoms with Crippen LogP contribution >= 0.6 is 23.1 Å². The van der Waals surface area contributed by atoms with Crippen LogP contribution in [0.5, 0.6) is 11.5 Å². The van der Waals surface area contributed by atoms with Crippen molar-refractivity contribution in [3.63, 3.8) is 0 Å². The maximum absolute atomic E-state index is 12.8. The van der Waals surface area contributed by atoms with Crippen molar-refractivity contribution in [1.29, 1.82) is 0 Å². The highest BCUT2D eigenvalue weighted by atomic mass is 32.2. The maximum atomic E-state index is 12.8. The van der Waals surface area contributed by atoms with Gasteiger partial charge in [0, 0.05) is 6.54 Å². The van der Waals surface area contributed by atoms with E-state index in [1.165, 1.54) is 23.1 Å². The number of thioether (sulfide) groups is 1. The lowest BCUT2D eigenvalue weighted by Gasteiger charge is -2.11. The molecule has 0 bridgehead atoms. The van der Waals surface area contributed by atoms with Crippen molar-refractivity contribution in [3.05, 3.63) is 46.3 Å². The number of aromatic nitrogens is 2. The number of amidine groups is 1. The van der Waals surface area contributed by atoms with Crippen molar-refractivity contribution in [2.24, 2.45) is 4.99 Å². The van der Waals surface area contributed by atoms with Gasteiger partial charge in [-0.05, 0) is 48.9 Å². The molecule has 7 nitrogen and oxygen atoms in total. The number of amides is 1. The summed E-state index contributed by atoms with van der Waals surface area (Å²) in [6, 6.07) is 4.97. The number of aryl methyl sites for hydroxylation is 1. The summed E-state index contributed by atoms with van der Waals surface area (Å²) >= 11 is 2.68. The van der Waals surface area contributed by atoms with E-state index in [0.717, 1.165) is 17.0 Å². The first kappa shape index (κ1) is 20.1. The Morgan fingerprint density at radius 3 is 2.86 bits per heavy atom. The number of nitrogens with zero attached hydrogens (tertiary/aromatic N) is 4. The third-order valence-electron chi connectivity index (χ3n) is 3.73. The topological polar surface area (TPSA) is 87.9 Å². The van der Waals surface area contributed by atoms with Crippen LogP contribution in [0.2, 0.25) is 0 Å². The van der Waals surface area contributed by atoms with Crippen LogP contribution in [0, 0.1) is 0 Å². The first-order chi connectivity index (χ1) is 13.5. The zero-order valence-corrected chi connectivity index (χ0v) is 17.2. The molecule has 0 unspecified atom stereocenters. The maximum Gasteiger partial charge on any atom is 0.267 e. The molecule has 146 valence electrons. The van der Waals surface area contributed by atoms with Crippen molar-refractivity contribution < 1.29 is 14.6 Å². The van der Waals surface area contributed by atoms with Crippen molar-refractivity contribution in [3.8, 4) is 11.5 Å². The zero-order chi connectivity index (χ0) is 20.1. The molecule has 1 fully saturated rings. The molecule has 0 saturated carbocycles. The minimum Gasteiger partial charge on any atom is -0.504 e. The second-order valence-electron chi connectivity index (χ2n) is 5.70. The average molecular weight is 417 g/mol. The van der Waals surface area contributed by atoms with Crippen molar-refractivity contribution in [2.45, 2.75) is 20.3 Å². The van der Waals surface area contributed by atoms with Gasteiger partial charge in [-0.3, -0.25) is 9.69 Å². The smallest absolute Gasteiger partial charge is 0.267 e. The van der Waals surface area contributed by atoms with E-state index in [-0.39, 0.29) is 11.7 Å². The largest absolute Gasteiger partial charge is 0.504 e. The van der Waals surface area contributed by atoms with Gasteiger partial charge >= 0.3 is 0 Å². The van der Waals surface area contributed by atoms with Crippen LogP contribution in [-0.4, -0.2) is 44.4 Å². The van der Waals surface area contributed by atoms with Crippen molar-refractivity contribution >= 4 is 45.4 Å². The SMILES string of the molecule is C=CCN1C(=O)/C(=C\c2ccc(O)c(OCC)c2)SC1=Nc1nnc(CC)s1. The quantitative estimate of drug-likeness (QED) is 0.542. The number of ether oxygens (including phenoxy) is 1. The number of benzene rings is 1. The number of carbonyl (C=O) groups excluding carboxylic acids is 1. The molecular formula is C19H20N4O3S2. The second kappa shape index (κ2) is 9.03. The number of rotatable bonds is 7. The zero-order valence-electron chi connectivity index (χ0n) is 15.6. The van der Waals surface area contributed by atoms with Gasteiger partial charge in [0.1, 0.15) is 5.01 Å². The molecule has 1 aliphatic heterocycles. The van der Waals surface area contributed by atoms with Crippen LogP contribution < -0.4 is 4.74 Å². The van der Waals surface area contributed by atoms with E-state index in [4.69, 9.17) is 4.74 Å². The normalized spacial score (nSPS) is 16.9. The highest BCUT2D eigenvalue weighted by Gasteiger charge is 2.33. The number of aliphatic imine (C=N–C) groups is 1. The molecule has 0 spiro atoms. The van der Waals surface area contributed by atoms with Crippen LogP contribution in [-0.2, 0) is 11.2 Å². The predicted molar refractivity (Wildman–Crippen MR) is 113 cm³/mol. The summed E-state index contributed by atoms with van der Waals surface area (Å²) in [7, 11) is 0. The molecule has 2 heterocycles. The Morgan fingerprint density at radius 2 is 2.18 bits per heavy atom. The molecular weight excluding hydrogens is 396 g/mol. The number of hydrogen-bond acceptors (Lipinski definition) is 8. The Labute approximate surface area is 171 Å². The van der Waals surface area contributed by atoms with Gasteiger partial charge in [0.15, 0.2) is 16.7 Å². The van der Waals surface area contributed by atoms with E-state index in [9.17, 15) is 9.90 Å². The standard InChI is InChI=1S/C19H20N4O3S2/c1-4-9-23-17(25)15(11-12-7-8-13(24)14(10-12)26-6-3)27-19(23)20-18-22-21-16(5-2)28-18/h4,7-8,10-11,24H,1,5-6,9H2,2-3H3/b15-11+,20-19?. The number of hydrogen-bond donors (Lipinski definition) is 1. The van der Waals surface area contributed by atoms with E-state index in [1.807, 2.05) is 13.8 Å². The van der Waals surface area contributed by atoms with Gasteiger partial charge < -0.3 is 9.84 Å². The van der Waals surface area contributed by atoms with Gasteiger partial charge in [0.25, 0.3) is 5.91 Å². The van der Waals surface area contributed by atoms with Gasteiger partial charge in [-0.25, -0.2) is 0 Å². The summed E-state index contributed by atoms with van der Waals surface area (Å²) in [5.74, 6) is 0.285. The lowest BCUT2D eigenvalue weighted by atomic mass is 10.2. The monoisotopic (exact) mass is 416 g/mol. The number of phenols is 1. The molecule has 1 aromatic heterocycles. The van der Waals surface area contributed by atoms with Gasteiger partial charge in [0.05, 0.1) is 11.5 Å². The van der Waals surface area contributed by atoms with E-state index in [2.05, 4.69) is 21.8 Å². The summed E-state index contributed by atoms with van der Waals surface area (Å²) in [4.78, 5) is 19.4. The summed E-state index contributed by atoms with van der Waals surface area (Å²) in [5.41, 5.74) is 0.751. The summed E-state index contributed by atoms with van der Waals surface area (Å²) in [6.07, 6.45) is 4.20. The van der Waals surface area contributed by atoms with E-state index >= 15 is 0 Å². The molecule has 1 amide bonds. The Bertz CT molecular complexity index is 952. The van der Waals surface area contributed by atoms with Crippen LogP contribution in [0.15, 0.2) is 40.8 Å². The van der Waals surface area contributed by atoms with E-state index in [1.54, 1.807) is 35.3 Å². The van der Waals surface area contributed by atoms with Gasteiger partial charge in [0.2, 0.25) is 5.13 Å². The van der Waals surface area contributed by atoms with Crippen LogP contribution in [0.1, 0.15) is 24.4 Å². The Kier molecular flexibility index (Phi) is 6.48. The Balaban J connectivity index is 1.92. The minimum atomic E-state index is -0.157. The highest BCUT2D eigenvalue weighted by Crippen LogP contribution is 2.36. The number of carbonyl (C=O) groups is 1. The highest BCUT2D eigenvalue weighted by molar-refractivity contribution is 8.18. The Hall–Kier alpha value is -2.65. The molecule has 2 aromatic rings. The van der Waals surface area contributed by atoms with Gasteiger partial charge in [-0.15, -0.1) is 16.8 Å². The van der Waals surface area contributed by atoms with Crippen molar-refractivity contribution in [1.82, 2.24) is 15.1 Å². The average Bonchev–Trinajstić information content (AvgIpc) is 3.25. The molecule has 28 heavy (non-hydrogen) atoms. The molecule has 1 N–H and O–H groups in total. The first-order valence-electron chi connectivity index (χ1n) is 8.74. The first-order valence-corrected chi connectivity index (χ1v) is 10.4. The predicted octanol–water partition coefficient (Wildman–Crippen LogP) is 3.99. The lowest BCUT2D eigenvalue weighted by molar-refractivity contribution is -0.121. The number of aromatic hydroxyl groups is 1. The molecule has 0 radical (unpaired) electrons. The van der Waals surface area contributed by atoms with Crippen LogP contribution in [0.4, 0.5) is 5.13 Å². The van der Waals surface area contributed by atoms with E-state index in [0.29, 0.717) is 34.1 Å². The van der Waals surface area contributed by atoms with Gasteiger partial charge in [-0.2, -0.15) is 4.99 Å². The minimum absolute atomic E-state index is 0.0629. The molecule has 1 saturated heterocycles. The van der Waals surface area contributed by atoms with E-state index < -0.39 is 0 Å². The fourth-order valence-corrected chi connectivity index (χ4v) is 4.14. The molecule has 1 aromatic carbocycles. The fraction of sp³-hybridized carbons (Fsp3) is 0.263. The van der Waals surface area contributed by atoms with Gasteiger partial charge in [-0.1, -0.05) is 30.4 Å². The van der Waals surface area contributed by atoms with Crippen molar-refractivity contribution in [2.75, 3.05) is 13.2 Å². The summed E-state index contributed by atoms with van der Waals surface area (Å²) < 4.78 is 5.41. The molecule has 3 rings (SSSR count). The molecule has 1 aliphatic rings. The third-order valence-corrected chi connectivity index (χ3v) is 5.70. The van der Waals surface area contributed by atoms with Crippen LogP contribution in [0.3, 0.4) is 0 Å². The van der Waals surface area contributed by atoms with Crippen LogP contribution in [0.25, 0.3) is 6.08 Å². The molecule has 0 atom stereocenters. The Morgan fingerprint density at radius 1 is 1.36 bits per heavy atom. The molecule has 9 heteroatoms.